The third-order valence-electron chi connectivity index (χ3n) is 9.37. The summed E-state index contributed by atoms with van der Waals surface area (Å²) in [6, 6.07) is 0. The number of carbonyl (C=O) groups excluding carboxylic acids is 3. The molecule has 6 heteroatoms. The standard InChI is InChI=1S/C57H86O6/c1-4-7-10-13-16-18-20-22-24-25-26-27-28-29-30-31-33-34-36-38-41-44-47-50-56(59)62-53-54(52-61-55(58)49-46-43-40-15-12-9-6-3)63-57(60)51-48-45-42-39-37-35-32-23-21-19-17-14-11-8-5-2/h7-8,10-11,16-19,22-24,26-27,29-30,32-34,37-39,41,45,48,54H,4-6,9,12-15,20-21,25,28,31,35-36,40,42-44,46-47,49-53H2,1-3H3/b10-7-,11-8-,18-16-,19-17-,24-22-,27-26-,30-29-,32-23-,34-33-,39-37-,41-38-,48-45-. The van der Waals surface area contributed by atoms with Crippen molar-refractivity contribution in [2.45, 2.75) is 181 Å². The van der Waals surface area contributed by atoms with Crippen LogP contribution in [0.1, 0.15) is 175 Å². The van der Waals surface area contributed by atoms with Crippen LogP contribution in [0.4, 0.5) is 0 Å². The fourth-order valence-corrected chi connectivity index (χ4v) is 5.80. The van der Waals surface area contributed by atoms with E-state index in [1.807, 2.05) is 6.08 Å². The van der Waals surface area contributed by atoms with E-state index < -0.39 is 12.1 Å². The van der Waals surface area contributed by atoms with Gasteiger partial charge in [-0.1, -0.05) is 205 Å². The minimum Gasteiger partial charge on any atom is -0.462 e. The molecule has 63 heavy (non-hydrogen) atoms. The van der Waals surface area contributed by atoms with Crippen molar-refractivity contribution >= 4 is 17.9 Å². The molecule has 0 saturated heterocycles. The van der Waals surface area contributed by atoms with Crippen LogP contribution in [0.15, 0.2) is 146 Å². The highest BCUT2D eigenvalue weighted by Crippen LogP contribution is 2.10. The Morgan fingerprint density at radius 2 is 0.667 bits per heavy atom. The van der Waals surface area contributed by atoms with Crippen molar-refractivity contribution in [3.63, 3.8) is 0 Å². The predicted molar refractivity (Wildman–Crippen MR) is 269 cm³/mol. The van der Waals surface area contributed by atoms with Gasteiger partial charge >= 0.3 is 17.9 Å². The molecule has 0 rings (SSSR count). The topological polar surface area (TPSA) is 78.9 Å². The molecule has 0 amide bonds. The van der Waals surface area contributed by atoms with E-state index in [1.54, 1.807) is 6.08 Å². The normalized spacial score (nSPS) is 13.4. The fourth-order valence-electron chi connectivity index (χ4n) is 5.80. The minimum atomic E-state index is -0.858. The molecule has 0 aromatic rings. The van der Waals surface area contributed by atoms with Crippen LogP contribution >= 0.6 is 0 Å². The Morgan fingerprint density at radius 3 is 1.05 bits per heavy atom. The summed E-state index contributed by atoms with van der Waals surface area (Å²) in [5.41, 5.74) is 0. The largest absolute Gasteiger partial charge is 0.462 e. The van der Waals surface area contributed by atoms with Crippen LogP contribution in [0.25, 0.3) is 0 Å². The highest BCUT2D eigenvalue weighted by atomic mass is 16.6. The number of allylic oxidation sites excluding steroid dienone is 23. The van der Waals surface area contributed by atoms with Gasteiger partial charge < -0.3 is 14.2 Å². The quantitative estimate of drug-likeness (QED) is 0.0264. The molecule has 1 unspecified atom stereocenters. The van der Waals surface area contributed by atoms with Gasteiger partial charge in [-0.3, -0.25) is 14.4 Å². The second-order valence-electron chi connectivity index (χ2n) is 15.3. The second-order valence-corrected chi connectivity index (χ2v) is 15.3. The molecule has 350 valence electrons. The molecule has 0 radical (unpaired) electrons. The van der Waals surface area contributed by atoms with Crippen LogP contribution in [-0.4, -0.2) is 37.2 Å². The van der Waals surface area contributed by atoms with Crippen LogP contribution in [0.2, 0.25) is 0 Å². The Bertz CT molecular complexity index is 1460. The van der Waals surface area contributed by atoms with Gasteiger partial charge in [0.1, 0.15) is 13.2 Å². The van der Waals surface area contributed by atoms with Crippen molar-refractivity contribution in [1.29, 1.82) is 0 Å². The summed E-state index contributed by atoms with van der Waals surface area (Å²) in [6.07, 6.45) is 71.6. The fraction of sp³-hybridized carbons (Fsp3) is 0.526. The van der Waals surface area contributed by atoms with Crippen LogP contribution in [-0.2, 0) is 28.6 Å². The Morgan fingerprint density at radius 1 is 0.349 bits per heavy atom. The molecule has 0 aliphatic carbocycles. The van der Waals surface area contributed by atoms with E-state index in [4.69, 9.17) is 14.2 Å². The zero-order valence-electron chi connectivity index (χ0n) is 39.8. The van der Waals surface area contributed by atoms with Gasteiger partial charge in [-0.2, -0.15) is 0 Å². The Kier molecular flexibility index (Phi) is 46.2. The highest BCUT2D eigenvalue weighted by molar-refractivity contribution is 5.72. The lowest BCUT2D eigenvalue weighted by molar-refractivity contribution is -0.166. The summed E-state index contributed by atoms with van der Waals surface area (Å²) in [4.78, 5) is 37.6. The lowest BCUT2D eigenvalue weighted by atomic mass is 10.1. The molecule has 0 N–H and O–H groups in total. The molecule has 0 fully saturated rings. The number of ether oxygens (including phenoxy) is 3. The smallest absolute Gasteiger partial charge is 0.310 e. The van der Waals surface area contributed by atoms with E-state index >= 15 is 0 Å². The SMILES string of the molecule is CC/C=C\C/C=C\C/C=C\C/C=C\C/C=C\C/C=C\C/C=C\CCCC(=O)OCC(COC(=O)CCCCCCCCC)OC(=O)C/C=C\C/C=C\C/C=C\C/C=C\C/C=C\CC. The van der Waals surface area contributed by atoms with E-state index in [-0.39, 0.29) is 38.0 Å². The number of hydrogen-bond acceptors (Lipinski definition) is 6. The summed E-state index contributed by atoms with van der Waals surface area (Å²) in [7, 11) is 0. The van der Waals surface area contributed by atoms with E-state index in [0.717, 1.165) is 96.3 Å². The maximum Gasteiger partial charge on any atom is 0.310 e. The van der Waals surface area contributed by atoms with Crippen molar-refractivity contribution in [3.05, 3.63) is 146 Å². The lowest BCUT2D eigenvalue weighted by Gasteiger charge is -2.18. The van der Waals surface area contributed by atoms with E-state index in [1.165, 1.54) is 25.7 Å². The van der Waals surface area contributed by atoms with Crippen molar-refractivity contribution in [2.75, 3.05) is 13.2 Å². The second kappa shape index (κ2) is 49.9. The van der Waals surface area contributed by atoms with Gasteiger partial charge in [0.2, 0.25) is 0 Å². The summed E-state index contributed by atoms with van der Waals surface area (Å²) >= 11 is 0. The molecular formula is C57H86O6. The number of carbonyl (C=O) groups is 3. The van der Waals surface area contributed by atoms with Gasteiger partial charge in [0, 0.05) is 12.8 Å². The Labute approximate surface area is 385 Å². The average Bonchev–Trinajstić information content (AvgIpc) is 3.28. The van der Waals surface area contributed by atoms with E-state index in [2.05, 4.69) is 154 Å². The van der Waals surface area contributed by atoms with Crippen molar-refractivity contribution in [3.8, 4) is 0 Å². The summed E-state index contributed by atoms with van der Waals surface area (Å²) in [5.74, 6) is -1.16. The lowest BCUT2D eigenvalue weighted by Crippen LogP contribution is -2.30. The number of unbranched alkanes of at least 4 members (excludes halogenated alkanes) is 7. The monoisotopic (exact) mass is 867 g/mol. The molecule has 0 saturated carbocycles. The molecule has 0 aliphatic rings. The number of rotatable bonds is 41. The molecule has 0 aromatic carbocycles. The first kappa shape index (κ1) is 58.3. The molecule has 1 atom stereocenters. The third-order valence-corrected chi connectivity index (χ3v) is 9.37. The molecule has 0 aromatic heterocycles. The first-order valence-electron chi connectivity index (χ1n) is 24.3. The van der Waals surface area contributed by atoms with Gasteiger partial charge in [0.05, 0.1) is 6.42 Å². The number of hydrogen-bond donors (Lipinski definition) is 0. The van der Waals surface area contributed by atoms with Gasteiger partial charge in [0.15, 0.2) is 6.10 Å². The van der Waals surface area contributed by atoms with Crippen LogP contribution in [0.5, 0.6) is 0 Å². The summed E-state index contributed by atoms with van der Waals surface area (Å²) < 4.78 is 16.5. The van der Waals surface area contributed by atoms with Crippen molar-refractivity contribution in [2.24, 2.45) is 0 Å². The van der Waals surface area contributed by atoms with E-state index in [9.17, 15) is 14.4 Å². The maximum atomic E-state index is 12.7. The first-order valence-corrected chi connectivity index (χ1v) is 24.3. The molecular weight excluding hydrogens is 781 g/mol. The Hall–Kier alpha value is -4.71. The first-order chi connectivity index (χ1) is 31.0. The summed E-state index contributed by atoms with van der Waals surface area (Å²) in [5, 5.41) is 0. The van der Waals surface area contributed by atoms with Gasteiger partial charge in [0.25, 0.3) is 0 Å². The van der Waals surface area contributed by atoms with Gasteiger partial charge in [-0.25, -0.2) is 0 Å². The van der Waals surface area contributed by atoms with Crippen LogP contribution in [0, 0.1) is 0 Å². The molecule has 0 aliphatic heterocycles. The predicted octanol–water partition coefficient (Wildman–Crippen LogP) is 16.1. The van der Waals surface area contributed by atoms with Gasteiger partial charge in [-0.15, -0.1) is 0 Å². The average molecular weight is 867 g/mol. The Balaban J connectivity index is 4.51. The van der Waals surface area contributed by atoms with Gasteiger partial charge in [-0.05, 0) is 96.3 Å². The van der Waals surface area contributed by atoms with Crippen molar-refractivity contribution in [1.82, 2.24) is 0 Å². The number of esters is 3. The molecule has 0 heterocycles. The maximum absolute atomic E-state index is 12.7. The summed E-state index contributed by atoms with van der Waals surface area (Å²) in [6.45, 7) is 6.19. The third kappa shape index (κ3) is 48.2. The molecule has 0 bridgehead atoms. The zero-order valence-corrected chi connectivity index (χ0v) is 39.8. The molecule has 6 nitrogen and oxygen atoms in total. The van der Waals surface area contributed by atoms with Crippen LogP contribution < -0.4 is 0 Å². The van der Waals surface area contributed by atoms with Crippen molar-refractivity contribution < 1.29 is 28.6 Å². The molecule has 0 spiro atoms. The van der Waals surface area contributed by atoms with E-state index in [0.29, 0.717) is 19.3 Å². The van der Waals surface area contributed by atoms with Crippen LogP contribution in [0.3, 0.4) is 0 Å². The minimum absolute atomic E-state index is 0.0782. The zero-order chi connectivity index (χ0) is 45.8. The highest BCUT2D eigenvalue weighted by Gasteiger charge is 2.19.